The van der Waals surface area contributed by atoms with E-state index in [1.54, 1.807) is 0 Å². The molecule has 0 fully saturated rings. The van der Waals surface area contributed by atoms with Crippen molar-refractivity contribution >= 4 is 8.32 Å². The monoisotopic (exact) mass is 265 g/mol. The fourth-order valence-electron chi connectivity index (χ4n) is 1.26. The maximum absolute atomic E-state index is 6.08. The summed E-state index contributed by atoms with van der Waals surface area (Å²) in [6, 6.07) is 10.5. The van der Waals surface area contributed by atoms with E-state index in [0.29, 0.717) is 6.61 Å². The Morgan fingerprint density at radius 3 is 2.28 bits per heavy atom. The summed E-state index contributed by atoms with van der Waals surface area (Å²) >= 11 is 0. The van der Waals surface area contributed by atoms with E-state index in [9.17, 15) is 0 Å². The van der Waals surface area contributed by atoms with Crippen molar-refractivity contribution in [3.63, 3.8) is 0 Å². The lowest BCUT2D eigenvalue weighted by molar-refractivity contribution is 0.234. The summed E-state index contributed by atoms with van der Waals surface area (Å²) in [5.41, 5.74) is 0. The number of hydrogen-bond acceptors (Lipinski definition) is 2. The minimum absolute atomic E-state index is 0.281. The predicted octanol–water partition coefficient (Wildman–Crippen LogP) is 4.28. The molecule has 101 valence electrons. The maximum atomic E-state index is 6.08. The Hall–Kier alpha value is -0.803. The first-order chi connectivity index (χ1) is 8.33. The highest BCUT2D eigenvalue weighted by atomic mass is 28.4. The van der Waals surface area contributed by atoms with Crippen molar-refractivity contribution in [1.82, 2.24) is 0 Å². The van der Waals surface area contributed by atoms with E-state index in [1.165, 1.54) is 0 Å². The second kappa shape index (κ2) is 6.39. The van der Waals surface area contributed by atoms with Gasteiger partial charge in [0.2, 0.25) is 0 Å². The molecule has 1 aromatic rings. The Balaban J connectivity index is 2.20. The van der Waals surface area contributed by atoms with Crippen molar-refractivity contribution in [3.05, 3.63) is 30.3 Å². The molecule has 0 aliphatic rings. The first-order valence-corrected chi connectivity index (χ1v) is 9.47. The van der Waals surface area contributed by atoms with Crippen LogP contribution in [0.15, 0.2) is 24.3 Å². The standard InChI is InChI=1S/C15H25O2Si/c1-15(2,3)18(4,5)17-13-9-12-16-14-10-7-6-8-11-14/h7-8,10-11H,9,12-13H2,1-5H3. The fourth-order valence-corrected chi connectivity index (χ4v) is 2.35. The highest BCUT2D eigenvalue weighted by Gasteiger charge is 2.36. The number of benzene rings is 1. The summed E-state index contributed by atoms with van der Waals surface area (Å²) in [6.45, 7) is 12.8. The smallest absolute Gasteiger partial charge is 0.191 e. The van der Waals surface area contributed by atoms with Crippen molar-refractivity contribution in [3.8, 4) is 5.75 Å². The molecule has 1 aromatic carbocycles. The van der Waals surface area contributed by atoms with Gasteiger partial charge in [0, 0.05) is 13.0 Å². The summed E-state index contributed by atoms with van der Waals surface area (Å²) in [4.78, 5) is 0. The lowest BCUT2D eigenvalue weighted by atomic mass is 10.2. The molecule has 0 aliphatic heterocycles. The highest BCUT2D eigenvalue weighted by Crippen LogP contribution is 2.36. The van der Waals surface area contributed by atoms with Gasteiger partial charge >= 0.3 is 0 Å². The van der Waals surface area contributed by atoms with Gasteiger partial charge < -0.3 is 9.16 Å². The molecule has 18 heavy (non-hydrogen) atoms. The second-order valence-electron chi connectivity index (χ2n) is 6.05. The molecule has 1 rings (SSSR count). The Bertz CT molecular complexity index is 341. The van der Waals surface area contributed by atoms with Crippen LogP contribution in [0, 0.1) is 6.07 Å². The minimum atomic E-state index is -1.59. The molecule has 0 amide bonds. The van der Waals surface area contributed by atoms with Gasteiger partial charge in [-0.25, -0.2) is 0 Å². The molecule has 0 saturated carbocycles. The van der Waals surface area contributed by atoms with Crippen LogP contribution in [0.25, 0.3) is 0 Å². The van der Waals surface area contributed by atoms with Gasteiger partial charge in [-0.15, -0.1) is 0 Å². The summed E-state index contributed by atoms with van der Waals surface area (Å²) in [5.74, 6) is 0.904. The van der Waals surface area contributed by atoms with Crippen LogP contribution in [0.2, 0.25) is 18.1 Å². The molecule has 0 spiro atoms. The van der Waals surface area contributed by atoms with Crippen LogP contribution in [0.4, 0.5) is 0 Å². The maximum Gasteiger partial charge on any atom is 0.191 e. The van der Waals surface area contributed by atoms with Gasteiger partial charge in [0.05, 0.1) is 6.61 Å². The zero-order valence-electron chi connectivity index (χ0n) is 12.2. The van der Waals surface area contributed by atoms with E-state index in [-0.39, 0.29) is 5.04 Å². The van der Waals surface area contributed by atoms with Crippen molar-refractivity contribution in [1.29, 1.82) is 0 Å². The van der Waals surface area contributed by atoms with Crippen LogP contribution in [-0.2, 0) is 4.43 Å². The Labute approximate surface area is 112 Å². The summed E-state index contributed by atoms with van der Waals surface area (Å²) in [6.07, 6.45) is 0.936. The number of ether oxygens (including phenoxy) is 1. The van der Waals surface area contributed by atoms with Crippen molar-refractivity contribution in [2.24, 2.45) is 0 Å². The van der Waals surface area contributed by atoms with Gasteiger partial charge in [0.15, 0.2) is 8.32 Å². The third kappa shape index (κ3) is 4.82. The summed E-state index contributed by atoms with van der Waals surface area (Å²) < 4.78 is 11.7. The zero-order chi connectivity index (χ0) is 13.6. The lowest BCUT2D eigenvalue weighted by Crippen LogP contribution is -2.41. The molecule has 0 bridgehead atoms. The average Bonchev–Trinajstić information content (AvgIpc) is 2.28. The normalized spacial score (nSPS) is 12.5. The quantitative estimate of drug-likeness (QED) is 0.564. The molecule has 0 atom stereocenters. The van der Waals surface area contributed by atoms with Crippen LogP contribution in [0.5, 0.6) is 5.75 Å². The van der Waals surface area contributed by atoms with Crippen LogP contribution in [-0.4, -0.2) is 21.5 Å². The molecule has 0 unspecified atom stereocenters. The third-order valence-corrected chi connectivity index (χ3v) is 8.05. The van der Waals surface area contributed by atoms with Crippen molar-refractivity contribution in [2.75, 3.05) is 13.2 Å². The highest BCUT2D eigenvalue weighted by molar-refractivity contribution is 6.74. The van der Waals surface area contributed by atoms with E-state index >= 15 is 0 Å². The molecular weight excluding hydrogens is 240 g/mol. The SMILES string of the molecule is CC(C)(C)[Si](C)(C)OCCCOc1cc[c]cc1. The van der Waals surface area contributed by atoms with E-state index < -0.39 is 8.32 Å². The summed E-state index contributed by atoms with van der Waals surface area (Å²) in [7, 11) is -1.59. The van der Waals surface area contributed by atoms with Gasteiger partial charge in [0.25, 0.3) is 0 Å². The van der Waals surface area contributed by atoms with Crippen molar-refractivity contribution in [2.45, 2.75) is 45.3 Å². The largest absolute Gasteiger partial charge is 0.494 e. The first-order valence-electron chi connectivity index (χ1n) is 6.56. The average molecular weight is 265 g/mol. The molecule has 2 nitrogen and oxygen atoms in total. The van der Waals surface area contributed by atoms with E-state index in [4.69, 9.17) is 9.16 Å². The summed E-state index contributed by atoms with van der Waals surface area (Å²) in [5, 5.41) is 0.281. The van der Waals surface area contributed by atoms with Gasteiger partial charge in [0.1, 0.15) is 5.75 Å². The van der Waals surface area contributed by atoms with Crippen LogP contribution < -0.4 is 4.74 Å². The van der Waals surface area contributed by atoms with Gasteiger partial charge in [-0.3, -0.25) is 0 Å². The molecule has 0 aliphatic carbocycles. The Morgan fingerprint density at radius 1 is 1.11 bits per heavy atom. The van der Waals surface area contributed by atoms with Gasteiger partial charge in [-0.2, -0.15) is 0 Å². The Kier molecular flexibility index (Phi) is 5.41. The van der Waals surface area contributed by atoms with Crippen LogP contribution in [0.3, 0.4) is 0 Å². The minimum Gasteiger partial charge on any atom is -0.494 e. The van der Waals surface area contributed by atoms with E-state index in [0.717, 1.165) is 18.8 Å². The molecule has 3 heteroatoms. The lowest BCUT2D eigenvalue weighted by Gasteiger charge is -2.36. The molecule has 0 N–H and O–H groups in total. The predicted molar refractivity (Wildman–Crippen MR) is 78.5 cm³/mol. The third-order valence-electron chi connectivity index (χ3n) is 3.51. The van der Waals surface area contributed by atoms with Crippen LogP contribution >= 0.6 is 0 Å². The molecule has 0 heterocycles. The second-order valence-corrected chi connectivity index (χ2v) is 10.9. The van der Waals surface area contributed by atoms with Crippen LogP contribution in [0.1, 0.15) is 27.2 Å². The first kappa shape index (κ1) is 15.3. The number of rotatable bonds is 6. The van der Waals surface area contributed by atoms with Crippen molar-refractivity contribution < 1.29 is 9.16 Å². The fraction of sp³-hybridized carbons (Fsp3) is 0.600. The number of hydrogen-bond donors (Lipinski definition) is 0. The molecule has 0 saturated heterocycles. The topological polar surface area (TPSA) is 18.5 Å². The zero-order valence-corrected chi connectivity index (χ0v) is 13.2. The van der Waals surface area contributed by atoms with E-state index in [1.807, 2.05) is 24.3 Å². The van der Waals surface area contributed by atoms with Gasteiger partial charge in [-0.1, -0.05) is 32.9 Å². The van der Waals surface area contributed by atoms with Gasteiger partial charge in [-0.05, 0) is 36.3 Å². The molecular formula is C15H25O2Si. The van der Waals surface area contributed by atoms with E-state index in [2.05, 4.69) is 39.9 Å². The Morgan fingerprint density at radius 2 is 1.72 bits per heavy atom. The molecule has 0 aromatic heterocycles. The molecule has 1 radical (unpaired) electrons.